The molecule has 1 aromatic heterocycles. The molecule has 1 aliphatic rings. The molecule has 2 aromatic rings. The molecule has 0 spiro atoms. The van der Waals surface area contributed by atoms with Gasteiger partial charge in [0, 0.05) is 11.6 Å². The summed E-state index contributed by atoms with van der Waals surface area (Å²) in [4.78, 5) is 4.02. The number of pyridine rings is 1. The number of benzene rings is 1. The van der Waals surface area contributed by atoms with Crippen molar-refractivity contribution in [2.45, 2.75) is 13.2 Å². The van der Waals surface area contributed by atoms with Gasteiger partial charge in [-0.2, -0.15) is 8.78 Å². The summed E-state index contributed by atoms with van der Waals surface area (Å²) in [5, 5.41) is 0. The Morgan fingerprint density at radius 1 is 1.22 bits per heavy atom. The van der Waals surface area contributed by atoms with E-state index in [9.17, 15) is 13.2 Å². The monoisotopic (exact) mass is 327 g/mol. The van der Waals surface area contributed by atoms with Gasteiger partial charge in [-0.1, -0.05) is 0 Å². The van der Waals surface area contributed by atoms with Crippen molar-refractivity contribution in [3.05, 3.63) is 35.6 Å². The predicted octanol–water partition coefficient (Wildman–Crippen LogP) is 2.24. The average molecular weight is 327 g/mol. The van der Waals surface area contributed by atoms with Gasteiger partial charge in [0.15, 0.2) is 11.6 Å². The summed E-state index contributed by atoms with van der Waals surface area (Å²) in [5.41, 5.74) is 14.3. The number of nitrogens with one attached hydrogen (secondary N) is 3. The normalized spacial score (nSPS) is 12.5. The van der Waals surface area contributed by atoms with Gasteiger partial charge >= 0.3 is 6.61 Å². The van der Waals surface area contributed by atoms with Crippen molar-refractivity contribution >= 4 is 17.3 Å². The fraction of sp³-hybridized carbons (Fsp3) is 0.154. The molecule has 0 aliphatic carbocycles. The number of anilines is 3. The molecule has 10 heteroatoms. The summed E-state index contributed by atoms with van der Waals surface area (Å²) >= 11 is 0. The number of hydrogen-bond donors (Lipinski definition) is 4. The molecular weight excluding hydrogens is 315 g/mol. The summed E-state index contributed by atoms with van der Waals surface area (Å²) in [7, 11) is 0. The third-order valence-electron chi connectivity index (χ3n) is 3.00. The van der Waals surface area contributed by atoms with Crippen LogP contribution in [0.25, 0.3) is 0 Å². The highest BCUT2D eigenvalue weighted by Gasteiger charge is 2.18. The molecular formula is C13H12F3N5O2. The van der Waals surface area contributed by atoms with Crippen LogP contribution in [-0.4, -0.2) is 11.6 Å². The lowest BCUT2D eigenvalue weighted by molar-refractivity contribution is -0.0499. The molecule has 23 heavy (non-hydrogen) atoms. The lowest BCUT2D eigenvalue weighted by Gasteiger charge is -2.12. The van der Waals surface area contributed by atoms with Crippen molar-refractivity contribution in [1.29, 1.82) is 0 Å². The maximum absolute atomic E-state index is 13.8. The number of nitrogens with zero attached hydrogens (tertiary/aromatic N) is 1. The minimum Gasteiger partial charge on any atom is -0.486 e. The summed E-state index contributed by atoms with van der Waals surface area (Å²) in [6.45, 7) is -3.19. The Morgan fingerprint density at radius 3 is 2.83 bits per heavy atom. The summed E-state index contributed by atoms with van der Waals surface area (Å²) in [5.74, 6) is 0.197. The SMILES string of the molecule is Nc1cc(OCc2cc(OC(F)F)ccc2F)c2c(n1)NNN2. The molecule has 0 radical (unpaired) electrons. The quantitative estimate of drug-likeness (QED) is 0.669. The van der Waals surface area contributed by atoms with Crippen LogP contribution in [0.3, 0.4) is 0 Å². The van der Waals surface area contributed by atoms with E-state index in [1.165, 1.54) is 6.07 Å². The molecule has 1 aromatic carbocycles. The number of nitrogen functional groups attached to an aromatic ring is 1. The fourth-order valence-electron chi connectivity index (χ4n) is 2.01. The first-order chi connectivity index (χ1) is 11.0. The van der Waals surface area contributed by atoms with E-state index >= 15 is 0 Å². The highest BCUT2D eigenvalue weighted by molar-refractivity contribution is 5.76. The van der Waals surface area contributed by atoms with Gasteiger partial charge in [-0.25, -0.2) is 9.37 Å². The molecule has 0 bridgehead atoms. The predicted molar refractivity (Wildman–Crippen MR) is 76.4 cm³/mol. The standard InChI is InChI=1S/C13H12F3N5O2/c14-8-2-1-7(23-13(15)16)3-6(8)5-22-9-4-10(17)18-12-11(9)19-21-20-12/h1-4,13,19,21H,5H2,(H3,17,18,20). The maximum atomic E-state index is 13.8. The Balaban J connectivity index is 1.79. The van der Waals surface area contributed by atoms with Gasteiger partial charge in [-0.3, -0.25) is 10.9 Å². The Kier molecular flexibility index (Phi) is 3.98. The molecule has 0 fully saturated rings. The highest BCUT2D eigenvalue weighted by atomic mass is 19.3. The van der Waals surface area contributed by atoms with Gasteiger partial charge in [-0.15, -0.1) is 5.53 Å². The molecule has 7 nitrogen and oxygen atoms in total. The molecule has 0 unspecified atom stereocenters. The number of ether oxygens (including phenoxy) is 2. The number of rotatable bonds is 5. The van der Waals surface area contributed by atoms with Crippen LogP contribution in [0, 0.1) is 5.82 Å². The van der Waals surface area contributed by atoms with Crippen LogP contribution >= 0.6 is 0 Å². The second kappa shape index (κ2) is 6.08. The van der Waals surface area contributed by atoms with E-state index in [0.717, 1.165) is 18.2 Å². The van der Waals surface area contributed by atoms with Crippen LogP contribution in [-0.2, 0) is 6.61 Å². The minimum atomic E-state index is -2.99. The smallest absolute Gasteiger partial charge is 0.387 e. The van der Waals surface area contributed by atoms with E-state index in [4.69, 9.17) is 10.5 Å². The van der Waals surface area contributed by atoms with Crippen LogP contribution in [0.15, 0.2) is 24.3 Å². The number of alkyl halides is 2. The number of halogens is 3. The Bertz CT molecular complexity index is 729. The van der Waals surface area contributed by atoms with E-state index < -0.39 is 12.4 Å². The summed E-state index contributed by atoms with van der Waals surface area (Å²) in [6.07, 6.45) is 0. The van der Waals surface area contributed by atoms with Gasteiger partial charge in [0.2, 0.25) is 0 Å². The minimum absolute atomic E-state index is 0.0613. The molecule has 0 saturated heterocycles. The number of nitrogens with two attached hydrogens (primary N) is 1. The number of hydrogen-bond acceptors (Lipinski definition) is 7. The summed E-state index contributed by atoms with van der Waals surface area (Å²) < 4.78 is 47.9. The van der Waals surface area contributed by atoms with Gasteiger partial charge in [-0.05, 0) is 18.2 Å². The lowest BCUT2D eigenvalue weighted by Crippen LogP contribution is -2.19. The van der Waals surface area contributed by atoms with Gasteiger partial charge in [0.25, 0.3) is 0 Å². The van der Waals surface area contributed by atoms with Gasteiger partial charge in [0.1, 0.15) is 29.7 Å². The van der Waals surface area contributed by atoms with Gasteiger partial charge in [0.05, 0.1) is 0 Å². The molecule has 0 atom stereocenters. The van der Waals surface area contributed by atoms with Crippen molar-refractivity contribution < 1.29 is 22.6 Å². The van der Waals surface area contributed by atoms with Crippen molar-refractivity contribution in [2.75, 3.05) is 16.6 Å². The molecule has 0 amide bonds. The zero-order valence-electron chi connectivity index (χ0n) is 11.6. The van der Waals surface area contributed by atoms with Gasteiger partial charge < -0.3 is 15.2 Å². The molecule has 1 aliphatic heterocycles. The topological polar surface area (TPSA) is 93.5 Å². The maximum Gasteiger partial charge on any atom is 0.387 e. The lowest BCUT2D eigenvalue weighted by atomic mass is 10.2. The Hall–Kier alpha value is -2.88. The van der Waals surface area contributed by atoms with Crippen molar-refractivity contribution in [3.8, 4) is 11.5 Å². The van der Waals surface area contributed by atoms with Crippen LogP contribution in [0.2, 0.25) is 0 Å². The largest absolute Gasteiger partial charge is 0.486 e. The second-order valence-corrected chi connectivity index (χ2v) is 4.56. The zero-order valence-corrected chi connectivity index (χ0v) is 11.6. The zero-order chi connectivity index (χ0) is 16.4. The Labute approximate surface area is 128 Å². The van der Waals surface area contributed by atoms with Crippen LogP contribution in [0.4, 0.5) is 30.5 Å². The van der Waals surface area contributed by atoms with E-state index in [1.807, 2.05) is 0 Å². The number of hydrazine groups is 2. The molecule has 122 valence electrons. The highest BCUT2D eigenvalue weighted by Crippen LogP contribution is 2.35. The first-order valence-corrected chi connectivity index (χ1v) is 6.46. The third-order valence-corrected chi connectivity index (χ3v) is 3.00. The third kappa shape index (κ3) is 3.31. The average Bonchev–Trinajstić information content (AvgIpc) is 2.95. The first kappa shape index (κ1) is 15.0. The fourth-order valence-corrected chi connectivity index (χ4v) is 2.01. The molecule has 0 saturated carbocycles. The van der Waals surface area contributed by atoms with Crippen LogP contribution in [0.1, 0.15) is 5.56 Å². The number of fused-ring (bicyclic) bond motifs is 1. The van der Waals surface area contributed by atoms with Crippen LogP contribution < -0.4 is 31.6 Å². The van der Waals surface area contributed by atoms with E-state index in [-0.39, 0.29) is 23.7 Å². The van der Waals surface area contributed by atoms with Crippen molar-refractivity contribution in [2.24, 2.45) is 0 Å². The van der Waals surface area contributed by atoms with E-state index in [0.29, 0.717) is 17.3 Å². The summed E-state index contributed by atoms with van der Waals surface area (Å²) in [6, 6.07) is 4.75. The van der Waals surface area contributed by atoms with Crippen molar-refractivity contribution in [1.82, 2.24) is 10.5 Å². The molecule has 5 N–H and O–H groups in total. The molecule has 3 rings (SSSR count). The Morgan fingerprint density at radius 2 is 2.04 bits per heavy atom. The second-order valence-electron chi connectivity index (χ2n) is 4.56. The van der Waals surface area contributed by atoms with Crippen LogP contribution in [0.5, 0.6) is 11.5 Å². The first-order valence-electron chi connectivity index (χ1n) is 6.46. The molecule has 2 heterocycles. The van der Waals surface area contributed by atoms with E-state index in [2.05, 4.69) is 26.1 Å². The van der Waals surface area contributed by atoms with Crippen molar-refractivity contribution in [3.63, 3.8) is 0 Å². The number of aromatic nitrogens is 1. The van der Waals surface area contributed by atoms with E-state index in [1.54, 1.807) is 0 Å².